The summed E-state index contributed by atoms with van der Waals surface area (Å²) in [6.45, 7) is 5.83. The molecule has 2 aromatic carbocycles. The fourth-order valence-electron chi connectivity index (χ4n) is 3.91. The quantitative estimate of drug-likeness (QED) is 0.435. The lowest BCUT2D eigenvalue weighted by molar-refractivity contribution is -0.118. The molecule has 33 heavy (non-hydrogen) atoms. The Labute approximate surface area is 198 Å². The molecule has 1 atom stereocenters. The lowest BCUT2D eigenvalue weighted by Gasteiger charge is -2.26. The monoisotopic (exact) mass is 482 g/mol. The number of aryl methyl sites for hydroxylation is 1. The van der Waals surface area contributed by atoms with Crippen LogP contribution in [0, 0.1) is 5.92 Å². The van der Waals surface area contributed by atoms with Crippen molar-refractivity contribution in [3.63, 3.8) is 0 Å². The van der Waals surface area contributed by atoms with Gasteiger partial charge in [-0.3, -0.25) is 0 Å². The van der Waals surface area contributed by atoms with Gasteiger partial charge in [-0.15, -0.1) is 0 Å². The first-order chi connectivity index (χ1) is 15.4. The Hall–Kier alpha value is -2.41. The van der Waals surface area contributed by atoms with Crippen LogP contribution >= 0.6 is 11.6 Å². The standard InChI is InChI=1S/C25H30ClF3N2O2/c1-24(2,3)33-23(32)30-15-14-19(16-30)5-4-18-6-10-21(11-7-18)31(17-25(27,28)29)22-12-8-20(26)9-13-22/h6-13,19H,4-5,14-17H2,1-3H3. The molecule has 0 bridgehead atoms. The van der Waals surface area contributed by atoms with Gasteiger partial charge >= 0.3 is 12.3 Å². The van der Waals surface area contributed by atoms with Crippen LogP contribution in [0.4, 0.5) is 29.3 Å². The van der Waals surface area contributed by atoms with E-state index >= 15 is 0 Å². The van der Waals surface area contributed by atoms with Crippen molar-refractivity contribution < 1.29 is 22.7 Å². The summed E-state index contributed by atoms with van der Waals surface area (Å²) in [4.78, 5) is 15.2. The summed E-state index contributed by atoms with van der Waals surface area (Å²) in [6.07, 6.45) is -2.00. The highest BCUT2D eigenvalue weighted by molar-refractivity contribution is 6.30. The zero-order chi connectivity index (χ0) is 24.2. The summed E-state index contributed by atoms with van der Waals surface area (Å²) in [5.74, 6) is 0.382. The maximum absolute atomic E-state index is 13.2. The van der Waals surface area contributed by atoms with Crippen LogP contribution in [-0.2, 0) is 11.2 Å². The first-order valence-electron chi connectivity index (χ1n) is 11.1. The van der Waals surface area contributed by atoms with Crippen LogP contribution < -0.4 is 4.90 Å². The van der Waals surface area contributed by atoms with Crippen LogP contribution in [0.1, 0.15) is 39.2 Å². The SMILES string of the molecule is CC(C)(C)OC(=O)N1CCC(CCc2ccc(N(CC(F)(F)F)c3ccc(Cl)cc3)cc2)C1. The Morgan fingerprint density at radius 2 is 1.64 bits per heavy atom. The van der Waals surface area contributed by atoms with Crippen molar-refractivity contribution in [3.05, 3.63) is 59.1 Å². The minimum atomic E-state index is -4.35. The van der Waals surface area contributed by atoms with E-state index in [1.54, 1.807) is 41.3 Å². The van der Waals surface area contributed by atoms with Crippen molar-refractivity contribution in [2.24, 2.45) is 5.92 Å². The van der Waals surface area contributed by atoms with E-state index < -0.39 is 18.3 Å². The molecule has 1 fully saturated rings. The van der Waals surface area contributed by atoms with Gasteiger partial charge in [0.15, 0.2) is 0 Å². The largest absolute Gasteiger partial charge is 0.444 e. The van der Waals surface area contributed by atoms with Crippen molar-refractivity contribution >= 4 is 29.1 Å². The average molecular weight is 483 g/mol. The predicted molar refractivity (Wildman–Crippen MR) is 125 cm³/mol. The van der Waals surface area contributed by atoms with E-state index in [1.165, 1.54) is 4.90 Å². The van der Waals surface area contributed by atoms with Crippen molar-refractivity contribution in [2.75, 3.05) is 24.5 Å². The fourth-order valence-corrected chi connectivity index (χ4v) is 4.03. The van der Waals surface area contributed by atoms with E-state index in [1.807, 2.05) is 32.9 Å². The van der Waals surface area contributed by atoms with Crippen molar-refractivity contribution in [1.82, 2.24) is 4.90 Å². The zero-order valence-electron chi connectivity index (χ0n) is 19.2. The minimum absolute atomic E-state index is 0.277. The van der Waals surface area contributed by atoms with E-state index in [-0.39, 0.29) is 6.09 Å². The average Bonchev–Trinajstić information content (AvgIpc) is 3.19. The van der Waals surface area contributed by atoms with E-state index in [4.69, 9.17) is 16.3 Å². The van der Waals surface area contributed by atoms with Gasteiger partial charge in [0.2, 0.25) is 0 Å². The third-order valence-corrected chi connectivity index (χ3v) is 5.75. The number of alkyl halides is 3. The number of hydrogen-bond acceptors (Lipinski definition) is 3. The first-order valence-corrected chi connectivity index (χ1v) is 11.4. The number of hydrogen-bond donors (Lipinski definition) is 0. The minimum Gasteiger partial charge on any atom is -0.444 e. The van der Waals surface area contributed by atoms with E-state index in [0.717, 1.165) is 24.8 Å². The number of nitrogens with zero attached hydrogens (tertiary/aromatic N) is 2. The van der Waals surface area contributed by atoms with Gasteiger partial charge in [-0.25, -0.2) is 4.79 Å². The molecule has 0 radical (unpaired) electrons. The summed E-state index contributed by atoms with van der Waals surface area (Å²) in [6, 6.07) is 13.5. The summed E-state index contributed by atoms with van der Waals surface area (Å²) in [5, 5.41) is 0.471. The molecule has 1 heterocycles. The molecule has 1 aliphatic heterocycles. The highest BCUT2D eigenvalue weighted by Crippen LogP contribution is 2.31. The molecule has 4 nitrogen and oxygen atoms in total. The third-order valence-electron chi connectivity index (χ3n) is 5.50. The molecule has 0 N–H and O–H groups in total. The second-order valence-corrected chi connectivity index (χ2v) is 9.90. The van der Waals surface area contributed by atoms with Crippen LogP contribution in [0.3, 0.4) is 0 Å². The lowest BCUT2D eigenvalue weighted by Crippen LogP contribution is -2.35. The molecule has 2 aromatic rings. The van der Waals surface area contributed by atoms with Gasteiger partial charge in [0.25, 0.3) is 0 Å². The van der Waals surface area contributed by atoms with E-state index in [9.17, 15) is 18.0 Å². The van der Waals surface area contributed by atoms with Gasteiger partial charge in [-0.2, -0.15) is 13.2 Å². The number of anilines is 2. The molecule has 1 amide bonds. The molecule has 0 aromatic heterocycles. The fraction of sp³-hybridized carbons (Fsp3) is 0.480. The van der Waals surface area contributed by atoms with Crippen LogP contribution in [0.15, 0.2) is 48.5 Å². The Morgan fingerprint density at radius 1 is 1.06 bits per heavy atom. The molecule has 0 saturated carbocycles. The number of amides is 1. The van der Waals surface area contributed by atoms with Crippen LogP contribution in [-0.4, -0.2) is 42.4 Å². The second kappa shape index (κ2) is 10.2. The normalized spacial score (nSPS) is 16.7. The summed E-state index contributed by atoms with van der Waals surface area (Å²) in [7, 11) is 0. The van der Waals surface area contributed by atoms with Crippen molar-refractivity contribution in [2.45, 2.75) is 51.8 Å². The Kier molecular flexibility index (Phi) is 7.83. The predicted octanol–water partition coefficient (Wildman–Crippen LogP) is 7.23. The number of carbonyl (C=O) groups excluding carboxylic acids is 1. The van der Waals surface area contributed by atoms with E-state index in [0.29, 0.717) is 35.4 Å². The van der Waals surface area contributed by atoms with Crippen LogP contribution in [0.25, 0.3) is 0 Å². The van der Waals surface area contributed by atoms with Gasteiger partial charge < -0.3 is 14.5 Å². The summed E-state index contributed by atoms with van der Waals surface area (Å²) < 4.78 is 45.1. The maximum Gasteiger partial charge on any atom is 0.410 e. The first kappa shape index (κ1) is 25.2. The van der Waals surface area contributed by atoms with Gasteiger partial charge in [-0.1, -0.05) is 23.7 Å². The molecule has 8 heteroatoms. The molecule has 1 unspecified atom stereocenters. The highest BCUT2D eigenvalue weighted by Gasteiger charge is 2.32. The number of rotatable bonds is 6. The zero-order valence-corrected chi connectivity index (χ0v) is 19.9. The highest BCUT2D eigenvalue weighted by atomic mass is 35.5. The molecule has 3 rings (SSSR count). The molecule has 1 saturated heterocycles. The summed E-state index contributed by atoms with van der Waals surface area (Å²) in [5.41, 5.74) is 1.44. The topological polar surface area (TPSA) is 32.8 Å². The molecular weight excluding hydrogens is 453 g/mol. The third kappa shape index (κ3) is 7.84. The number of carbonyl (C=O) groups is 1. The number of halogens is 4. The van der Waals surface area contributed by atoms with Crippen LogP contribution in [0.2, 0.25) is 5.02 Å². The maximum atomic E-state index is 13.2. The number of ether oxygens (including phenoxy) is 1. The molecule has 180 valence electrons. The van der Waals surface area contributed by atoms with Crippen molar-refractivity contribution in [3.8, 4) is 0 Å². The Bertz CT molecular complexity index is 925. The van der Waals surface area contributed by atoms with Crippen LogP contribution in [0.5, 0.6) is 0 Å². The van der Waals surface area contributed by atoms with Gasteiger partial charge in [0.05, 0.1) is 0 Å². The van der Waals surface area contributed by atoms with Crippen molar-refractivity contribution in [1.29, 1.82) is 0 Å². The number of benzene rings is 2. The second-order valence-electron chi connectivity index (χ2n) is 9.46. The number of likely N-dealkylation sites (tertiary alicyclic amines) is 1. The van der Waals surface area contributed by atoms with E-state index in [2.05, 4.69) is 0 Å². The molecule has 0 spiro atoms. The molecular formula is C25H30ClF3N2O2. The molecule has 1 aliphatic rings. The summed E-state index contributed by atoms with van der Waals surface area (Å²) >= 11 is 5.89. The van der Waals surface area contributed by atoms with Gasteiger partial charge in [0, 0.05) is 29.5 Å². The van der Waals surface area contributed by atoms with Gasteiger partial charge in [-0.05, 0) is 87.9 Å². The Morgan fingerprint density at radius 3 is 2.18 bits per heavy atom. The van der Waals surface area contributed by atoms with Gasteiger partial charge in [0.1, 0.15) is 12.1 Å². The molecule has 0 aliphatic carbocycles. The Balaban J connectivity index is 1.60. The smallest absolute Gasteiger partial charge is 0.410 e. The lowest BCUT2D eigenvalue weighted by atomic mass is 9.98.